The van der Waals surface area contributed by atoms with Gasteiger partial charge >= 0.3 is 0 Å². The molecule has 0 saturated carbocycles. The van der Waals surface area contributed by atoms with Gasteiger partial charge in [0.25, 0.3) is 0 Å². The molecular weight excluding hydrogens is 188 g/mol. The first-order valence-electron chi connectivity index (χ1n) is 5.08. The third-order valence-electron chi connectivity index (χ3n) is 2.28. The van der Waals surface area contributed by atoms with Crippen LogP contribution in [0.2, 0.25) is 0 Å². The van der Waals surface area contributed by atoms with Gasteiger partial charge in [0.1, 0.15) is 12.4 Å². The Morgan fingerprint density at radius 1 is 1.33 bits per heavy atom. The summed E-state index contributed by atoms with van der Waals surface area (Å²) < 4.78 is 5.69. The molecule has 3 nitrogen and oxygen atoms in total. The SMILES string of the molecule is CCc1ccccc1OCc1c[nH]cn1. The first kappa shape index (κ1) is 9.77. The third-order valence-corrected chi connectivity index (χ3v) is 2.28. The summed E-state index contributed by atoms with van der Waals surface area (Å²) in [6.07, 6.45) is 4.48. The zero-order valence-corrected chi connectivity index (χ0v) is 8.73. The number of rotatable bonds is 4. The smallest absolute Gasteiger partial charge is 0.132 e. The minimum absolute atomic E-state index is 0.514. The van der Waals surface area contributed by atoms with Crippen molar-refractivity contribution in [2.75, 3.05) is 0 Å². The van der Waals surface area contributed by atoms with Gasteiger partial charge in [-0.1, -0.05) is 25.1 Å². The number of hydrogen-bond acceptors (Lipinski definition) is 2. The predicted molar refractivity (Wildman–Crippen MR) is 58.7 cm³/mol. The molecule has 2 rings (SSSR count). The van der Waals surface area contributed by atoms with E-state index in [1.807, 2.05) is 24.4 Å². The fourth-order valence-corrected chi connectivity index (χ4v) is 1.46. The molecule has 1 aromatic heterocycles. The Kier molecular flexibility index (Phi) is 3.02. The topological polar surface area (TPSA) is 37.9 Å². The molecule has 0 aliphatic rings. The summed E-state index contributed by atoms with van der Waals surface area (Å²) in [7, 11) is 0. The van der Waals surface area contributed by atoms with Crippen molar-refractivity contribution in [1.29, 1.82) is 0 Å². The number of para-hydroxylation sites is 1. The number of aromatic nitrogens is 2. The van der Waals surface area contributed by atoms with Crippen LogP contribution >= 0.6 is 0 Å². The van der Waals surface area contributed by atoms with Crippen LogP contribution in [0.4, 0.5) is 0 Å². The van der Waals surface area contributed by atoms with Gasteiger partial charge in [-0.2, -0.15) is 0 Å². The van der Waals surface area contributed by atoms with E-state index in [-0.39, 0.29) is 0 Å². The van der Waals surface area contributed by atoms with Gasteiger partial charge in [0.05, 0.1) is 12.0 Å². The Bertz CT molecular complexity index is 409. The van der Waals surface area contributed by atoms with Crippen molar-refractivity contribution in [1.82, 2.24) is 9.97 Å². The van der Waals surface area contributed by atoms with Crippen molar-refractivity contribution in [3.8, 4) is 5.75 Å². The molecule has 15 heavy (non-hydrogen) atoms. The quantitative estimate of drug-likeness (QED) is 0.827. The van der Waals surface area contributed by atoms with Crippen LogP contribution in [0.3, 0.4) is 0 Å². The number of H-pyrrole nitrogens is 1. The van der Waals surface area contributed by atoms with E-state index in [1.54, 1.807) is 6.33 Å². The predicted octanol–water partition coefficient (Wildman–Crippen LogP) is 2.55. The number of nitrogens with zero attached hydrogens (tertiary/aromatic N) is 1. The molecule has 0 aliphatic heterocycles. The fraction of sp³-hybridized carbons (Fsp3) is 0.250. The molecule has 0 saturated heterocycles. The van der Waals surface area contributed by atoms with Crippen LogP contribution in [0.15, 0.2) is 36.8 Å². The molecule has 0 fully saturated rings. The van der Waals surface area contributed by atoms with Crippen molar-refractivity contribution in [3.05, 3.63) is 48.0 Å². The van der Waals surface area contributed by atoms with E-state index < -0.39 is 0 Å². The van der Waals surface area contributed by atoms with E-state index in [4.69, 9.17) is 4.74 Å². The van der Waals surface area contributed by atoms with Crippen LogP contribution in [-0.2, 0) is 13.0 Å². The molecule has 1 heterocycles. The molecule has 3 heteroatoms. The maximum Gasteiger partial charge on any atom is 0.132 e. The molecule has 0 radical (unpaired) electrons. The maximum atomic E-state index is 5.69. The first-order valence-corrected chi connectivity index (χ1v) is 5.08. The van der Waals surface area contributed by atoms with Gasteiger partial charge in [0.2, 0.25) is 0 Å². The average molecular weight is 202 g/mol. The normalized spacial score (nSPS) is 10.2. The zero-order chi connectivity index (χ0) is 10.5. The fourth-order valence-electron chi connectivity index (χ4n) is 1.46. The number of ether oxygens (including phenoxy) is 1. The Balaban J connectivity index is 2.04. The van der Waals surface area contributed by atoms with Crippen molar-refractivity contribution in [3.63, 3.8) is 0 Å². The molecule has 78 valence electrons. The number of nitrogens with one attached hydrogen (secondary N) is 1. The number of hydrogen-bond donors (Lipinski definition) is 1. The molecule has 0 bridgehead atoms. The van der Waals surface area contributed by atoms with Crippen molar-refractivity contribution in [2.24, 2.45) is 0 Å². The van der Waals surface area contributed by atoms with Gasteiger partial charge in [-0.15, -0.1) is 0 Å². The number of aromatic amines is 1. The standard InChI is InChI=1S/C12H14N2O/c1-2-10-5-3-4-6-12(10)15-8-11-7-13-9-14-11/h3-7,9H,2,8H2,1H3,(H,13,14). The van der Waals surface area contributed by atoms with Crippen molar-refractivity contribution < 1.29 is 4.74 Å². The second-order valence-electron chi connectivity index (χ2n) is 3.31. The van der Waals surface area contributed by atoms with Crippen LogP contribution in [0, 0.1) is 0 Å². The number of benzene rings is 1. The summed E-state index contributed by atoms with van der Waals surface area (Å²) in [5.41, 5.74) is 2.15. The highest BCUT2D eigenvalue weighted by atomic mass is 16.5. The minimum atomic E-state index is 0.514. The van der Waals surface area contributed by atoms with Crippen LogP contribution in [-0.4, -0.2) is 9.97 Å². The maximum absolute atomic E-state index is 5.69. The van der Waals surface area contributed by atoms with Gasteiger partial charge in [0, 0.05) is 6.20 Å². The Morgan fingerprint density at radius 3 is 2.93 bits per heavy atom. The van der Waals surface area contributed by atoms with Gasteiger partial charge in [-0.05, 0) is 18.1 Å². The molecule has 0 unspecified atom stereocenters. The number of imidazole rings is 1. The van der Waals surface area contributed by atoms with E-state index in [1.165, 1.54) is 5.56 Å². The largest absolute Gasteiger partial charge is 0.487 e. The van der Waals surface area contributed by atoms with Gasteiger partial charge in [-0.25, -0.2) is 4.98 Å². The van der Waals surface area contributed by atoms with Crippen LogP contribution in [0.25, 0.3) is 0 Å². The molecule has 0 amide bonds. The van der Waals surface area contributed by atoms with Crippen LogP contribution in [0.5, 0.6) is 5.75 Å². The van der Waals surface area contributed by atoms with Crippen molar-refractivity contribution >= 4 is 0 Å². The second kappa shape index (κ2) is 4.64. The first-order chi connectivity index (χ1) is 7.40. The lowest BCUT2D eigenvalue weighted by Crippen LogP contribution is -1.98. The van der Waals surface area contributed by atoms with Gasteiger partial charge in [-0.3, -0.25) is 0 Å². The second-order valence-corrected chi connectivity index (χ2v) is 3.31. The van der Waals surface area contributed by atoms with E-state index in [2.05, 4.69) is 23.0 Å². The van der Waals surface area contributed by atoms with E-state index in [0.717, 1.165) is 17.9 Å². The molecular formula is C12H14N2O. The Labute approximate surface area is 89.1 Å². The summed E-state index contributed by atoms with van der Waals surface area (Å²) >= 11 is 0. The highest BCUT2D eigenvalue weighted by Gasteiger charge is 2.01. The van der Waals surface area contributed by atoms with E-state index >= 15 is 0 Å². The average Bonchev–Trinajstić information content (AvgIpc) is 2.79. The third kappa shape index (κ3) is 2.37. The van der Waals surface area contributed by atoms with Crippen molar-refractivity contribution in [2.45, 2.75) is 20.0 Å². The van der Waals surface area contributed by atoms with Gasteiger partial charge in [0.15, 0.2) is 0 Å². The monoisotopic (exact) mass is 202 g/mol. The minimum Gasteiger partial charge on any atom is -0.487 e. The highest BCUT2D eigenvalue weighted by molar-refractivity contribution is 5.33. The summed E-state index contributed by atoms with van der Waals surface area (Å²) in [5.74, 6) is 0.947. The van der Waals surface area contributed by atoms with Gasteiger partial charge < -0.3 is 9.72 Å². The van der Waals surface area contributed by atoms with E-state index in [0.29, 0.717) is 6.61 Å². The van der Waals surface area contributed by atoms with Crippen LogP contribution < -0.4 is 4.74 Å². The molecule has 1 N–H and O–H groups in total. The summed E-state index contributed by atoms with van der Waals surface area (Å²) in [6.45, 7) is 2.64. The zero-order valence-electron chi connectivity index (χ0n) is 8.73. The molecule has 0 atom stereocenters. The lowest BCUT2D eigenvalue weighted by molar-refractivity contribution is 0.299. The highest BCUT2D eigenvalue weighted by Crippen LogP contribution is 2.19. The lowest BCUT2D eigenvalue weighted by Gasteiger charge is -2.08. The summed E-state index contributed by atoms with van der Waals surface area (Å²) in [5, 5.41) is 0. The lowest BCUT2D eigenvalue weighted by atomic mass is 10.1. The Morgan fingerprint density at radius 2 is 2.20 bits per heavy atom. The molecule has 1 aromatic carbocycles. The molecule has 0 aliphatic carbocycles. The molecule has 0 spiro atoms. The number of aryl methyl sites for hydroxylation is 1. The Hall–Kier alpha value is -1.77. The van der Waals surface area contributed by atoms with E-state index in [9.17, 15) is 0 Å². The summed E-state index contributed by atoms with van der Waals surface area (Å²) in [4.78, 5) is 7.01. The molecule has 2 aromatic rings. The summed E-state index contributed by atoms with van der Waals surface area (Å²) in [6, 6.07) is 8.09. The van der Waals surface area contributed by atoms with Crippen LogP contribution in [0.1, 0.15) is 18.2 Å².